The van der Waals surface area contributed by atoms with Crippen LogP contribution in [0.5, 0.6) is 0 Å². The SMILES string of the molecule is CNC(=O)N1CC2(C1)c1cc(F)ccc1NC(=O)N2CC(=O)NC(C)c1ncc(C#N)cc1F. The summed E-state index contributed by atoms with van der Waals surface area (Å²) >= 11 is 0. The molecule has 10 nitrogen and oxygen atoms in total. The van der Waals surface area contributed by atoms with E-state index in [1.807, 2.05) is 0 Å². The Morgan fingerprint density at radius 1 is 1.32 bits per heavy atom. The topological polar surface area (TPSA) is 130 Å². The van der Waals surface area contributed by atoms with Crippen molar-refractivity contribution in [3.8, 4) is 6.07 Å². The molecule has 3 N–H and O–H groups in total. The number of rotatable bonds is 4. The smallest absolute Gasteiger partial charge is 0.323 e. The van der Waals surface area contributed by atoms with Gasteiger partial charge in [0.05, 0.1) is 30.4 Å². The van der Waals surface area contributed by atoms with Gasteiger partial charge in [0.2, 0.25) is 5.91 Å². The van der Waals surface area contributed by atoms with E-state index in [9.17, 15) is 23.2 Å². The molecule has 1 aromatic carbocycles. The first-order chi connectivity index (χ1) is 16.2. The zero-order valence-corrected chi connectivity index (χ0v) is 18.4. The molecule has 12 heteroatoms. The summed E-state index contributed by atoms with van der Waals surface area (Å²) in [6.45, 7) is 1.21. The van der Waals surface area contributed by atoms with Crippen molar-refractivity contribution in [2.24, 2.45) is 0 Å². The van der Waals surface area contributed by atoms with Crippen LogP contribution < -0.4 is 16.0 Å². The third kappa shape index (κ3) is 3.85. The molecule has 1 spiro atoms. The summed E-state index contributed by atoms with van der Waals surface area (Å²) in [5.41, 5.74) is -0.273. The number of hydrogen-bond donors (Lipinski definition) is 3. The van der Waals surface area contributed by atoms with E-state index in [4.69, 9.17) is 5.26 Å². The van der Waals surface area contributed by atoms with Gasteiger partial charge >= 0.3 is 12.1 Å². The maximum Gasteiger partial charge on any atom is 0.323 e. The molecule has 2 aromatic rings. The molecule has 4 rings (SSSR count). The molecule has 0 bridgehead atoms. The molecule has 0 saturated carbocycles. The van der Waals surface area contributed by atoms with E-state index < -0.39 is 41.7 Å². The lowest BCUT2D eigenvalue weighted by atomic mass is 9.78. The number of pyridine rings is 1. The van der Waals surface area contributed by atoms with Crippen LogP contribution in [0.25, 0.3) is 0 Å². The third-order valence-electron chi connectivity index (χ3n) is 5.98. The van der Waals surface area contributed by atoms with Gasteiger partial charge in [-0.05, 0) is 31.2 Å². The van der Waals surface area contributed by atoms with Crippen molar-refractivity contribution in [3.05, 3.63) is 58.9 Å². The molecule has 0 aliphatic carbocycles. The number of nitriles is 1. The summed E-state index contributed by atoms with van der Waals surface area (Å²) in [5, 5.41) is 16.6. The summed E-state index contributed by atoms with van der Waals surface area (Å²) in [7, 11) is 1.47. The van der Waals surface area contributed by atoms with E-state index in [-0.39, 0.29) is 30.4 Å². The van der Waals surface area contributed by atoms with Crippen molar-refractivity contribution in [1.82, 2.24) is 25.4 Å². The van der Waals surface area contributed by atoms with E-state index in [0.29, 0.717) is 11.3 Å². The van der Waals surface area contributed by atoms with E-state index in [1.54, 1.807) is 6.07 Å². The minimum absolute atomic E-state index is 0.0447. The molecule has 2 aliphatic heterocycles. The van der Waals surface area contributed by atoms with Gasteiger partial charge in [-0.2, -0.15) is 5.26 Å². The zero-order chi connectivity index (χ0) is 24.6. The maximum atomic E-state index is 14.3. The predicted octanol–water partition coefficient (Wildman–Crippen LogP) is 1.81. The largest absolute Gasteiger partial charge is 0.346 e. The first kappa shape index (κ1) is 22.9. The van der Waals surface area contributed by atoms with Crippen LogP contribution in [0.15, 0.2) is 30.5 Å². The molecule has 0 radical (unpaired) electrons. The number of carbonyl (C=O) groups excluding carboxylic acids is 3. The Hall–Kier alpha value is -4.27. The number of carbonyl (C=O) groups is 3. The van der Waals surface area contributed by atoms with Crippen LogP contribution in [0, 0.1) is 23.0 Å². The fourth-order valence-electron chi connectivity index (χ4n) is 4.31. The van der Waals surface area contributed by atoms with Gasteiger partial charge in [-0.3, -0.25) is 9.78 Å². The summed E-state index contributed by atoms with van der Waals surface area (Å²) in [4.78, 5) is 44.4. The maximum absolute atomic E-state index is 14.3. The standard InChI is InChI=1S/C22H21F2N7O3/c1-12(19-16(24)5-13(7-25)8-27-19)28-18(32)9-31-21(34)29-17-4-3-14(23)6-15(17)22(31)10-30(11-22)20(33)26-2/h3-6,8,12H,9-11H2,1-2H3,(H,26,33)(H,28,32)(H,29,34). The van der Waals surface area contributed by atoms with Gasteiger partial charge in [-0.25, -0.2) is 18.4 Å². The fourth-order valence-corrected chi connectivity index (χ4v) is 4.31. The molecule has 5 amide bonds. The summed E-state index contributed by atoms with van der Waals surface area (Å²) < 4.78 is 28.4. The third-order valence-corrected chi connectivity index (χ3v) is 5.98. The number of aromatic nitrogens is 1. The van der Waals surface area contributed by atoms with Crippen LogP contribution in [0.4, 0.5) is 24.1 Å². The summed E-state index contributed by atoms with van der Waals surface area (Å²) in [6.07, 6.45) is 1.20. The van der Waals surface area contributed by atoms with E-state index >= 15 is 0 Å². The number of nitrogens with one attached hydrogen (secondary N) is 3. The van der Waals surface area contributed by atoms with E-state index in [2.05, 4.69) is 20.9 Å². The lowest BCUT2D eigenvalue weighted by Gasteiger charge is -2.57. The van der Waals surface area contributed by atoms with E-state index in [1.165, 1.54) is 48.2 Å². The molecule has 2 aliphatic rings. The Morgan fingerprint density at radius 3 is 2.71 bits per heavy atom. The Morgan fingerprint density at radius 2 is 2.06 bits per heavy atom. The van der Waals surface area contributed by atoms with E-state index in [0.717, 1.165) is 6.07 Å². The molecule has 1 unspecified atom stereocenters. The highest BCUT2D eigenvalue weighted by atomic mass is 19.1. The Labute approximate surface area is 193 Å². The molecule has 1 aromatic heterocycles. The first-order valence-corrected chi connectivity index (χ1v) is 10.4. The van der Waals surface area contributed by atoms with Crippen molar-refractivity contribution in [1.29, 1.82) is 5.26 Å². The van der Waals surface area contributed by atoms with Gasteiger partial charge < -0.3 is 25.8 Å². The number of halogens is 2. The van der Waals surface area contributed by atoms with Gasteiger partial charge in [0.1, 0.15) is 29.8 Å². The number of hydrogen-bond acceptors (Lipinski definition) is 5. The van der Waals surface area contributed by atoms with Crippen molar-refractivity contribution < 1.29 is 23.2 Å². The van der Waals surface area contributed by atoms with Crippen LogP contribution in [0.3, 0.4) is 0 Å². The fraction of sp³-hybridized carbons (Fsp3) is 0.318. The molecular formula is C22H21F2N7O3. The van der Waals surface area contributed by atoms with Gasteiger partial charge in [-0.15, -0.1) is 0 Å². The van der Waals surface area contributed by atoms with Gasteiger partial charge in [0.15, 0.2) is 0 Å². The number of amides is 5. The number of urea groups is 2. The highest BCUT2D eigenvalue weighted by molar-refractivity contribution is 5.97. The Kier molecular flexibility index (Phi) is 5.78. The molecule has 3 heterocycles. The second kappa shape index (κ2) is 8.58. The average Bonchev–Trinajstić information content (AvgIpc) is 2.78. The second-order valence-electron chi connectivity index (χ2n) is 8.14. The monoisotopic (exact) mass is 469 g/mol. The molecule has 1 fully saturated rings. The zero-order valence-electron chi connectivity index (χ0n) is 18.4. The number of benzene rings is 1. The van der Waals surface area contributed by atoms with Crippen LogP contribution in [-0.2, 0) is 10.3 Å². The molecule has 1 atom stereocenters. The lowest BCUT2D eigenvalue weighted by Crippen LogP contribution is -2.73. The Balaban J connectivity index is 1.57. The molecule has 34 heavy (non-hydrogen) atoms. The number of fused-ring (bicyclic) bond motifs is 2. The Bertz CT molecular complexity index is 1220. The highest BCUT2D eigenvalue weighted by Gasteiger charge is 2.56. The molecular weight excluding hydrogens is 448 g/mol. The minimum Gasteiger partial charge on any atom is -0.346 e. The van der Waals surface area contributed by atoms with Crippen LogP contribution in [0.2, 0.25) is 0 Å². The van der Waals surface area contributed by atoms with Crippen molar-refractivity contribution >= 4 is 23.7 Å². The first-order valence-electron chi connectivity index (χ1n) is 10.4. The number of likely N-dealkylation sites (tertiary alicyclic amines) is 1. The van der Waals surface area contributed by atoms with Gasteiger partial charge in [0.25, 0.3) is 0 Å². The highest BCUT2D eigenvalue weighted by Crippen LogP contribution is 2.44. The molecule has 1 saturated heterocycles. The van der Waals surface area contributed by atoms with Crippen LogP contribution in [0.1, 0.15) is 29.8 Å². The van der Waals surface area contributed by atoms with Gasteiger partial charge in [-0.1, -0.05) is 0 Å². The lowest BCUT2D eigenvalue weighted by molar-refractivity contribution is -0.125. The van der Waals surface area contributed by atoms with Crippen LogP contribution >= 0.6 is 0 Å². The number of nitrogens with zero attached hydrogens (tertiary/aromatic N) is 4. The minimum atomic E-state index is -1.11. The second-order valence-corrected chi connectivity index (χ2v) is 8.14. The van der Waals surface area contributed by atoms with Crippen molar-refractivity contribution in [3.63, 3.8) is 0 Å². The van der Waals surface area contributed by atoms with Crippen LogP contribution in [-0.4, -0.2) is 59.4 Å². The van der Waals surface area contributed by atoms with Gasteiger partial charge in [0, 0.05) is 24.5 Å². The normalized spacial score (nSPS) is 16.6. The quantitative estimate of drug-likeness (QED) is 0.629. The average molecular weight is 469 g/mol. The van der Waals surface area contributed by atoms with Crippen molar-refractivity contribution in [2.75, 3.05) is 32.0 Å². The molecule has 176 valence electrons. The summed E-state index contributed by atoms with van der Waals surface area (Å²) in [5.74, 6) is -1.87. The summed E-state index contributed by atoms with van der Waals surface area (Å²) in [6, 6.07) is 4.93. The number of anilines is 1. The predicted molar refractivity (Wildman–Crippen MR) is 115 cm³/mol. The van der Waals surface area contributed by atoms with Crippen molar-refractivity contribution in [2.45, 2.75) is 18.5 Å².